The molecule has 0 unspecified atom stereocenters. The Bertz CT molecular complexity index is 1900. The Labute approximate surface area is 225 Å². The first kappa shape index (κ1) is 12.0. The number of piperazine rings is 1. The summed E-state index contributed by atoms with van der Waals surface area (Å²) in [4.78, 5) is 25.2. The number of likely N-dealkylation sites (N-methyl/N-ethyl adjacent to an activating group) is 1. The predicted molar refractivity (Wildman–Crippen MR) is 139 cm³/mol. The van der Waals surface area contributed by atoms with Crippen LogP contribution in [0.2, 0.25) is 0 Å². The van der Waals surface area contributed by atoms with Crippen molar-refractivity contribution in [3.63, 3.8) is 0 Å². The van der Waals surface area contributed by atoms with Gasteiger partial charge in [-0.15, -0.1) is 0 Å². The van der Waals surface area contributed by atoms with Gasteiger partial charge >= 0.3 is 0 Å². The first-order chi connectivity index (χ1) is 22.2. The second kappa shape index (κ2) is 8.96. The van der Waals surface area contributed by atoms with Gasteiger partial charge in [-0.05, 0) is 57.0 Å². The van der Waals surface area contributed by atoms with Crippen molar-refractivity contribution >= 4 is 28.4 Å². The number of aryl methyl sites for hydroxylation is 1. The molecule has 184 valence electrons. The molecule has 1 fully saturated rings. The van der Waals surface area contributed by atoms with Gasteiger partial charge in [0.05, 0.1) is 34.2 Å². The number of aromatic nitrogens is 5. The van der Waals surface area contributed by atoms with Crippen LogP contribution in [0.15, 0.2) is 24.7 Å². The molecule has 1 saturated heterocycles. The molecule has 35 heavy (non-hydrogen) atoms. The topological polar surface area (TPSA) is 85.7 Å². The maximum atomic E-state index is 13.4. The van der Waals surface area contributed by atoms with Crippen LogP contribution in [0.1, 0.15) is 55.6 Å². The molecule has 4 aromatic heterocycles. The molecule has 0 radical (unpaired) electrons. The van der Waals surface area contributed by atoms with Crippen molar-refractivity contribution in [2.24, 2.45) is 0 Å². The number of nitrogens with one attached hydrogen (secondary N) is 1. The summed E-state index contributed by atoms with van der Waals surface area (Å²) in [7, 11) is 0. The number of pyridine rings is 2. The Morgan fingerprint density at radius 3 is 2.69 bits per heavy atom. The van der Waals surface area contributed by atoms with E-state index in [9.17, 15) is 4.79 Å². The number of hydrogen-bond donors (Lipinski definition) is 1. The number of hydrogen-bond acceptors (Lipinski definition) is 6. The minimum atomic E-state index is -3.70. The summed E-state index contributed by atoms with van der Waals surface area (Å²) in [6.45, 7) is -15.3. The summed E-state index contributed by atoms with van der Waals surface area (Å²) < 4.78 is 117. The molecule has 0 atom stereocenters. The Kier molecular flexibility index (Phi) is 3.07. The largest absolute Gasteiger partial charge is 0.353 e. The van der Waals surface area contributed by atoms with E-state index in [1.165, 1.54) is 18.5 Å². The van der Waals surface area contributed by atoms with E-state index in [1.54, 1.807) is 10.7 Å². The lowest BCUT2D eigenvalue weighted by Crippen LogP contribution is -2.50. The molecule has 1 aliphatic rings. The fourth-order valence-electron chi connectivity index (χ4n) is 4.13. The van der Waals surface area contributed by atoms with Crippen LogP contribution >= 0.6 is 0 Å². The van der Waals surface area contributed by atoms with Crippen molar-refractivity contribution < 1.29 is 24.0 Å². The van der Waals surface area contributed by atoms with Crippen LogP contribution < -0.4 is 4.90 Å². The highest BCUT2D eigenvalue weighted by atomic mass is 16.2. The summed E-state index contributed by atoms with van der Waals surface area (Å²) in [5, 5.41) is 4.26. The predicted octanol–water partition coefficient (Wildman–Crippen LogP) is 3.22. The molecule has 1 N–H and O–H groups in total. The van der Waals surface area contributed by atoms with Crippen LogP contribution in [0.25, 0.3) is 27.9 Å². The van der Waals surface area contributed by atoms with E-state index < -0.39 is 63.1 Å². The lowest BCUT2D eigenvalue weighted by Gasteiger charge is -2.36. The molecule has 1 aliphatic heterocycles. The minimum Gasteiger partial charge on any atom is -0.353 e. The van der Waals surface area contributed by atoms with Gasteiger partial charge in [0.25, 0.3) is 0 Å². The van der Waals surface area contributed by atoms with Gasteiger partial charge in [-0.3, -0.25) is 4.79 Å². The van der Waals surface area contributed by atoms with Gasteiger partial charge in [0.1, 0.15) is 12.1 Å². The number of anilines is 1. The maximum Gasteiger partial charge on any atom is 0.236 e. The van der Waals surface area contributed by atoms with Crippen molar-refractivity contribution in [3.8, 4) is 11.3 Å². The Hall–Kier alpha value is -3.46. The standard InChI is InChI=1S/C26H34N8O/c1-16(2)23-24(19-13-34-26(27-15-28-34)18(4)17(19)3)29-20-7-8-21(30-25(20)23)32-9-11-33(12-10-32)22(35)14-31(5)6/h7-8,13,15-16,29H,9-12,14H2,1-6H3/i5D3,6D3,9D2,10D2,11D2,12D2. The maximum absolute atomic E-state index is 13.4. The highest BCUT2D eigenvalue weighted by Gasteiger charge is 2.24. The number of rotatable bonds is 5. The number of aromatic amines is 1. The van der Waals surface area contributed by atoms with Crippen LogP contribution in [0.5, 0.6) is 0 Å². The van der Waals surface area contributed by atoms with E-state index in [2.05, 4.69) is 20.1 Å². The molecule has 4 aromatic rings. The van der Waals surface area contributed by atoms with Crippen molar-refractivity contribution in [1.82, 2.24) is 34.4 Å². The summed E-state index contributed by atoms with van der Waals surface area (Å²) >= 11 is 0. The first-order valence-electron chi connectivity index (χ1n) is 17.9. The lowest BCUT2D eigenvalue weighted by atomic mass is 9.95. The summed E-state index contributed by atoms with van der Waals surface area (Å²) in [5.74, 6) is -2.51. The third-order valence-corrected chi connectivity index (χ3v) is 5.96. The molecule has 1 amide bonds. The van der Waals surface area contributed by atoms with E-state index in [0.717, 1.165) is 16.7 Å². The number of fused-ring (bicyclic) bond motifs is 2. The van der Waals surface area contributed by atoms with Gasteiger partial charge in [0.2, 0.25) is 5.91 Å². The SMILES string of the molecule is [2H]C([2H])([2H])N(CC(=O)N1C([2H])([2H])C([2H])([2H])N(c2ccc3[nH]c(-c4cn5ncnc5c(C)c4C)c(C(C)C)c3n2)C([2H])([2H])C1([2H])[2H])C([2H])([2H])[2H]. The molecule has 9 heteroatoms. The molecular weight excluding hydrogens is 440 g/mol. The molecule has 0 aliphatic carbocycles. The minimum absolute atomic E-state index is 0.183. The third-order valence-electron chi connectivity index (χ3n) is 5.96. The van der Waals surface area contributed by atoms with Gasteiger partial charge in [-0.1, -0.05) is 13.8 Å². The average Bonchev–Trinajstić information content (AvgIpc) is 3.56. The van der Waals surface area contributed by atoms with Gasteiger partial charge in [0, 0.05) is 51.5 Å². The molecule has 9 nitrogen and oxygen atoms in total. The molecule has 0 aromatic carbocycles. The van der Waals surface area contributed by atoms with Crippen LogP contribution in [-0.4, -0.2) is 86.8 Å². The Balaban J connectivity index is 1.66. The molecule has 5 rings (SSSR count). The summed E-state index contributed by atoms with van der Waals surface area (Å²) in [6, 6.07) is 2.67. The zero-order valence-corrected chi connectivity index (χ0v) is 19.6. The van der Waals surface area contributed by atoms with Gasteiger partial charge in [0.15, 0.2) is 5.65 Å². The van der Waals surface area contributed by atoms with Crippen molar-refractivity contribution in [3.05, 3.63) is 41.3 Å². The van der Waals surface area contributed by atoms with E-state index in [-0.39, 0.29) is 21.2 Å². The smallest absolute Gasteiger partial charge is 0.236 e. The van der Waals surface area contributed by atoms with Crippen molar-refractivity contribution in [2.45, 2.75) is 33.6 Å². The van der Waals surface area contributed by atoms with Gasteiger partial charge in [-0.25, -0.2) is 14.5 Å². The zero-order chi connectivity index (χ0) is 37.0. The summed E-state index contributed by atoms with van der Waals surface area (Å²) in [6.07, 6.45) is 3.22. The van der Waals surface area contributed by atoms with E-state index in [0.29, 0.717) is 22.4 Å². The normalized spacial score (nSPS) is 27.1. The number of amides is 1. The number of carbonyl (C=O) groups is 1. The fraction of sp³-hybridized carbons (Fsp3) is 0.462. The second-order valence-electron chi connectivity index (χ2n) is 8.55. The van der Waals surface area contributed by atoms with Crippen LogP contribution in [0, 0.1) is 13.8 Å². The van der Waals surface area contributed by atoms with E-state index in [4.69, 9.17) is 19.2 Å². The zero-order valence-electron chi connectivity index (χ0n) is 33.6. The number of H-pyrrole nitrogens is 1. The Morgan fingerprint density at radius 2 is 1.97 bits per heavy atom. The molecular formula is C26H34N8O. The van der Waals surface area contributed by atoms with E-state index in [1.807, 2.05) is 27.7 Å². The quantitative estimate of drug-likeness (QED) is 0.464. The molecule has 0 spiro atoms. The monoisotopic (exact) mass is 488 g/mol. The molecule has 0 saturated carbocycles. The highest BCUT2D eigenvalue weighted by molar-refractivity contribution is 5.90. The van der Waals surface area contributed by atoms with Crippen LogP contribution in [0.4, 0.5) is 5.82 Å². The molecule has 0 bridgehead atoms. The van der Waals surface area contributed by atoms with Gasteiger partial charge < -0.3 is 19.7 Å². The van der Waals surface area contributed by atoms with E-state index >= 15 is 0 Å². The Morgan fingerprint density at radius 1 is 1.20 bits per heavy atom. The third kappa shape index (κ3) is 4.14. The highest BCUT2D eigenvalue weighted by Crippen LogP contribution is 2.37. The number of nitrogens with zero attached hydrogens (tertiary/aromatic N) is 7. The van der Waals surface area contributed by atoms with Gasteiger partial charge in [-0.2, -0.15) is 5.10 Å². The van der Waals surface area contributed by atoms with Crippen molar-refractivity contribution in [1.29, 1.82) is 0 Å². The number of carbonyl (C=O) groups excluding carboxylic acids is 1. The van der Waals surface area contributed by atoms with Crippen LogP contribution in [-0.2, 0) is 4.79 Å². The first-order valence-corrected chi connectivity index (χ1v) is 10.9. The van der Waals surface area contributed by atoms with Crippen molar-refractivity contribution in [2.75, 3.05) is 51.4 Å². The average molecular weight is 489 g/mol. The van der Waals surface area contributed by atoms with Crippen LogP contribution in [0.3, 0.4) is 0 Å². The lowest BCUT2D eigenvalue weighted by molar-refractivity contribution is -0.132. The fourth-order valence-corrected chi connectivity index (χ4v) is 4.13. The second-order valence-corrected chi connectivity index (χ2v) is 8.55. The summed E-state index contributed by atoms with van der Waals surface area (Å²) in [5.41, 5.74) is 5.22. The molecule has 5 heterocycles.